The van der Waals surface area contributed by atoms with Crippen LogP contribution >= 0.6 is 11.6 Å². The summed E-state index contributed by atoms with van der Waals surface area (Å²) < 4.78 is 0. The smallest absolute Gasteiger partial charge is 0.0632 e. The first-order valence-electron chi connectivity index (χ1n) is 4.85. The van der Waals surface area contributed by atoms with Crippen molar-refractivity contribution in [1.29, 1.82) is 0 Å². The van der Waals surface area contributed by atoms with Gasteiger partial charge in [0.1, 0.15) is 0 Å². The van der Waals surface area contributed by atoms with Gasteiger partial charge >= 0.3 is 0 Å². The number of hydrazine groups is 1. The highest BCUT2D eigenvalue weighted by Crippen LogP contribution is 2.17. The number of pyridine rings is 1. The van der Waals surface area contributed by atoms with Crippen LogP contribution in [-0.4, -0.2) is 4.98 Å². The number of rotatable bonds is 5. The van der Waals surface area contributed by atoms with Gasteiger partial charge in [-0.3, -0.25) is 16.3 Å². The molecule has 0 amide bonds. The number of nitrogens with two attached hydrogens (primary N) is 1. The zero-order valence-corrected chi connectivity index (χ0v) is 9.09. The van der Waals surface area contributed by atoms with Crippen LogP contribution in [0.5, 0.6) is 0 Å². The van der Waals surface area contributed by atoms with Gasteiger partial charge in [0.15, 0.2) is 0 Å². The highest BCUT2D eigenvalue weighted by molar-refractivity contribution is 6.30. The predicted molar refractivity (Wildman–Crippen MR) is 58.8 cm³/mol. The summed E-state index contributed by atoms with van der Waals surface area (Å²) in [6, 6.07) is 3.87. The summed E-state index contributed by atoms with van der Waals surface area (Å²) in [5.74, 6) is 5.46. The molecule has 0 bridgehead atoms. The molecule has 0 fully saturated rings. The molecule has 0 aliphatic carbocycles. The molecule has 1 aromatic heterocycles. The van der Waals surface area contributed by atoms with E-state index in [0.29, 0.717) is 5.02 Å². The summed E-state index contributed by atoms with van der Waals surface area (Å²) in [6.45, 7) is 2.16. The molecule has 0 spiro atoms. The molecule has 1 heterocycles. The number of aromatic nitrogens is 1. The number of nitrogens with zero attached hydrogens (tertiary/aromatic N) is 1. The van der Waals surface area contributed by atoms with Gasteiger partial charge in [0.2, 0.25) is 0 Å². The zero-order valence-electron chi connectivity index (χ0n) is 8.33. The summed E-state index contributed by atoms with van der Waals surface area (Å²) in [4.78, 5) is 4.23. The second-order valence-corrected chi connectivity index (χ2v) is 3.70. The van der Waals surface area contributed by atoms with Gasteiger partial charge < -0.3 is 0 Å². The van der Waals surface area contributed by atoms with Crippen LogP contribution in [0.4, 0.5) is 0 Å². The molecule has 1 atom stereocenters. The molecule has 1 aromatic rings. The van der Waals surface area contributed by atoms with Gasteiger partial charge in [-0.1, -0.05) is 31.4 Å². The van der Waals surface area contributed by atoms with Crippen LogP contribution in [0.1, 0.15) is 37.9 Å². The van der Waals surface area contributed by atoms with Crippen molar-refractivity contribution in [3.8, 4) is 0 Å². The molecular weight excluding hydrogens is 198 g/mol. The third kappa shape index (κ3) is 3.25. The highest BCUT2D eigenvalue weighted by atomic mass is 35.5. The normalized spacial score (nSPS) is 12.8. The van der Waals surface area contributed by atoms with Gasteiger partial charge in [-0.05, 0) is 18.6 Å². The lowest BCUT2D eigenvalue weighted by atomic mass is 10.1. The first-order valence-corrected chi connectivity index (χ1v) is 5.23. The van der Waals surface area contributed by atoms with E-state index in [-0.39, 0.29) is 6.04 Å². The maximum atomic E-state index is 5.75. The van der Waals surface area contributed by atoms with Crippen molar-refractivity contribution in [3.63, 3.8) is 0 Å². The van der Waals surface area contributed by atoms with E-state index >= 15 is 0 Å². The molecule has 14 heavy (non-hydrogen) atoms. The van der Waals surface area contributed by atoms with Gasteiger partial charge in [-0.2, -0.15) is 0 Å². The Kier molecular flexibility index (Phi) is 4.87. The summed E-state index contributed by atoms with van der Waals surface area (Å²) >= 11 is 5.75. The summed E-state index contributed by atoms with van der Waals surface area (Å²) in [5.41, 5.74) is 3.72. The largest absolute Gasteiger partial charge is 0.271 e. The van der Waals surface area contributed by atoms with E-state index in [1.54, 1.807) is 6.20 Å². The van der Waals surface area contributed by atoms with Crippen molar-refractivity contribution in [3.05, 3.63) is 29.0 Å². The molecule has 0 aromatic carbocycles. The van der Waals surface area contributed by atoms with E-state index < -0.39 is 0 Å². The van der Waals surface area contributed by atoms with Crippen LogP contribution in [-0.2, 0) is 0 Å². The predicted octanol–water partition coefficient (Wildman–Crippen LogP) is 2.43. The third-order valence-electron chi connectivity index (χ3n) is 2.15. The van der Waals surface area contributed by atoms with Crippen LogP contribution in [0.15, 0.2) is 18.3 Å². The number of hydrogen-bond acceptors (Lipinski definition) is 3. The zero-order chi connectivity index (χ0) is 10.4. The first kappa shape index (κ1) is 11.4. The number of nitrogens with one attached hydrogen (secondary N) is 1. The average Bonchev–Trinajstić information content (AvgIpc) is 2.21. The number of halogens is 1. The minimum atomic E-state index is 0.132. The molecule has 1 rings (SSSR count). The first-order chi connectivity index (χ1) is 6.77. The topological polar surface area (TPSA) is 50.9 Å². The summed E-state index contributed by atoms with van der Waals surface area (Å²) in [5, 5.41) is 0.653. The van der Waals surface area contributed by atoms with Crippen molar-refractivity contribution in [2.45, 2.75) is 32.2 Å². The summed E-state index contributed by atoms with van der Waals surface area (Å²) in [7, 11) is 0. The fourth-order valence-electron chi connectivity index (χ4n) is 1.32. The Hall–Kier alpha value is -0.640. The fourth-order valence-corrected chi connectivity index (χ4v) is 1.43. The number of hydrogen-bond donors (Lipinski definition) is 2. The Morgan fingerprint density at radius 3 is 2.86 bits per heavy atom. The van der Waals surface area contributed by atoms with Gasteiger partial charge in [0, 0.05) is 6.20 Å². The van der Waals surface area contributed by atoms with Crippen molar-refractivity contribution in [2.75, 3.05) is 0 Å². The van der Waals surface area contributed by atoms with E-state index in [1.165, 1.54) is 0 Å². The Balaban J connectivity index is 2.64. The standard InChI is InChI=1S/C10H16ClN3/c1-2-3-4-10(14-12)9-6-5-8(11)7-13-9/h5-7,10,14H,2-4,12H2,1H3. The van der Waals surface area contributed by atoms with Crippen LogP contribution in [0.2, 0.25) is 5.02 Å². The van der Waals surface area contributed by atoms with Crippen molar-refractivity contribution in [1.82, 2.24) is 10.4 Å². The molecule has 3 nitrogen and oxygen atoms in total. The third-order valence-corrected chi connectivity index (χ3v) is 2.38. The van der Waals surface area contributed by atoms with Gasteiger partial charge in [0.25, 0.3) is 0 Å². The van der Waals surface area contributed by atoms with Gasteiger partial charge in [-0.15, -0.1) is 0 Å². The van der Waals surface area contributed by atoms with Crippen molar-refractivity contribution >= 4 is 11.6 Å². The van der Waals surface area contributed by atoms with Crippen LogP contribution in [0.25, 0.3) is 0 Å². The molecule has 0 aliphatic rings. The lowest BCUT2D eigenvalue weighted by Crippen LogP contribution is -2.28. The summed E-state index contributed by atoms with van der Waals surface area (Å²) in [6.07, 6.45) is 4.94. The molecule has 4 heteroatoms. The second-order valence-electron chi connectivity index (χ2n) is 3.26. The molecule has 0 saturated carbocycles. The SMILES string of the molecule is CCCCC(NN)c1ccc(Cl)cn1. The Labute approximate surface area is 89.6 Å². The molecule has 0 aliphatic heterocycles. The number of unbranched alkanes of at least 4 members (excludes halogenated alkanes) is 1. The monoisotopic (exact) mass is 213 g/mol. The van der Waals surface area contributed by atoms with E-state index in [1.807, 2.05) is 12.1 Å². The van der Waals surface area contributed by atoms with Crippen molar-refractivity contribution in [2.24, 2.45) is 5.84 Å². The van der Waals surface area contributed by atoms with Crippen molar-refractivity contribution < 1.29 is 0 Å². The molecular formula is C10H16ClN3. The highest BCUT2D eigenvalue weighted by Gasteiger charge is 2.09. The minimum Gasteiger partial charge on any atom is -0.271 e. The molecule has 0 saturated heterocycles. The molecule has 0 radical (unpaired) electrons. The van der Waals surface area contributed by atoms with Crippen LogP contribution in [0, 0.1) is 0 Å². The van der Waals surface area contributed by atoms with Crippen LogP contribution < -0.4 is 11.3 Å². The average molecular weight is 214 g/mol. The molecule has 1 unspecified atom stereocenters. The quantitative estimate of drug-likeness (QED) is 0.584. The maximum absolute atomic E-state index is 5.75. The van der Waals surface area contributed by atoms with Gasteiger partial charge in [0.05, 0.1) is 16.8 Å². The molecule has 3 N–H and O–H groups in total. The molecule has 78 valence electrons. The Morgan fingerprint density at radius 1 is 1.57 bits per heavy atom. The lowest BCUT2D eigenvalue weighted by molar-refractivity contribution is 0.485. The van der Waals surface area contributed by atoms with E-state index in [0.717, 1.165) is 25.0 Å². The van der Waals surface area contributed by atoms with Crippen LogP contribution in [0.3, 0.4) is 0 Å². The van der Waals surface area contributed by atoms with E-state index in [9.17, 15) is 0 Å². The fraction of sp³-hybridized carbons (Fsp3) is 0.500. The second kappa shape index (κ2) is 5.96. The Bertz CT molecular complexity index is 261. The maximum Gasteiger partial charge on any atom is 0.0632 e. The van der Waals surface area contributed by atoms with Gasteiger partial charge in [-0.25, -0.2) is 0 Å². The van der Waals surface area contributed by atoms with E-state index in [4.69, 9.17) is 17.4 Å². The van der Waals surface area contributed by atoms with E-state index in [2.05, 4.69) is 17.3 Å². The Morgan fingerprint density at radius 2 is 2.36 bits per heavy atom. The lowest BCUT2D eigenvalue weighted by Gasteiger charge is -2.14. The minimum absolute atomic E-state index is 0.132.